The number of nitrogens with one attached hydrogen (secondary N) is 1. The van der Waals surface area contributed by atoms with Gasteiger partial charge in [0.05, 0.1) is 12.8 Å². The van der Waals surface area contributed by atoms with E-state index in [9.17, 15) is 4.79 Å². The maximum absolute atomic E-state index is 12.5. The van der Waals surface area contributed by atoms with Gasteiger partial charge in [-0.1, -0.05) is 12.1 Å². The van der Waals surface area contributed by atoms with Crippen LogP contribution >= 0.6 is 0 Å². The van der Waals surface area contributed by atoms with Crippen molar-refractivity contribution in [1.29, 1.82) is 0 Å². The first kappa shape index (κ1) is 16.4. The summed E-state index contributed by atoms with van der Waals surface area (Å²) in [7, 11) is 1.66. The number of carbonyl (C=O) groups excluding carboxylic acids is 1. The molecule has 0 spiro atoms. The van der Waals surface area contributed by atoms with Crippen LogP contribution in [-0.2, 0) is 16.1 Å². The average Bonchev–Trinajstić information content (AvgIpc) is 2.63. The Labute approximate surface area is 141 Å². The van der Waals surface area contributed by atoms with Crippen molar-refractivity contribution >= 4 is 17.4 Å². The van der Waals surface area contributed by atoms with Gasteiger partial charge in [-0.15, -0.1) is 0 Å². The Morgan fingerprint density at radius 3 is 2.88 bits per heavy atom. The third-order valence-electron chi connectivity index (χ3n) is 4.24. The molecule has 6 nitrogen and oxygen atoms in total. The van der Waals surface area contributed by atoms with Crippen LogP contribution in [0.4, 0.5) is 11.5 Å². The fourth-order valence-electron chi connectivity index (χ4n) is 2.98. The van der Waals surface area contributed by atoms with Gasteiger partial charge in [0.25, 0.3) is 0 Å². The molecule has 1 saturated heterocycles. The molecule has 1 amide bonds. The van der Waals surface area contributed by atoms with Crippen LogP contribution in [0.2, 0.25) is 0 Å². The number of hydrogen-bond acceptors (Lipinski definition) is 5. The Balaban J connectivity index is 1.54. The fourth-order valence-corrected chi connectivity index (χ4v) is 2.98. The molecule has 24 heavy (non-hydrogen) atoms. The van der Waals surface area contributed by atoms with Crippen LogP contribution in [0.3, 0.4) is 0 Å². The summed E-state index contributed by atoms with van der Waals surface area (Å²) >= 11 is 0. The number of methoxy groups -OCH3 is 1. The molecular weight excluding hydrogens is 304 g/mol. The highest BCUT2D eigenvalue weighted by Gasteiger charge is 2.25. The summed E-state index contributed by atoms with van der Waals surface area (Å²) in [5.74, 6) is 0.996. The largest absolute Gasteiger partial charge is 0.380 e. The summed E-state index contributed by atoms with van der Waals surface area (Å²) in [5, 5.41) is 3.02. The number of aromatic nitrogens is 2. The topological polar surface area (TPSA) is 67.3 Å². The van der Waals surface area contributed by atoms with Crippen LogP contribution in [0.1, 0.15) is 18.4 Å². The molecule has 3 rings (SSSR count). The number of rotatable bonds is 5. The van der Waals surface area contributed by atoms with Crippen molar-refractivity contribution in [2.45, 2.75) is 19.4 Å². The maximum Gasteiger partial charge on any atom is 0.227 e. The summed E-state index contributed by atoms with van der Waals surface area (Å²) in [5.41, 5.74) is 1.87. The Morgan fingerprint density at radius 2 is 2.17 bits per heavy atom. The summed E-state index contributed by atoms with van der Waals surface area (Å²) in [6, 6.07) is 7.78. The highest BCUT2D eigenvalue weighted by molar-refractivity contribution is 5.92. The van der Waals surface area contributed by atoms with Gasteiger partial charge in [-0.25, -0.2) is 4.98 Å². The van der Waals surface area contributed by atoms with Crippen molar-refractivity contribution < 1.29 is 9.53 Å². The zero-order valence-corrected chi connectivity index (χ0v) is 13.8. The van der Waals surface area contributed by atoms with Crippen molar-refractivity contribution in [2.75, 3.05) is 30.4 Å². The third-order valence-corrected chi connectivity index (χ3v) is 4.24. The van der Waals surface area contributed by atoms with E-state index in [2.05, 4.69) is 20.2 Å². The number of benzene rings is 1. The maximum atomic E-state index is 12.5. The second-order valence-corrected chi connectivity index (χ2v) is 5.95. The van der Waals surface area contributed by atoms with Gasteiger partial charge in [0.1, 0.15) is 5.82 Å². The van der Waals surface area contributed by atoms with Crippen molar-refractivity contribution in [3.63, 3.8) is 0 Å². The lowest BCUT2D eigenvalue weighted by molar-refractivity contribution is -0.120. The molecule has 1 N–H and O–H groups in total. The molecule has 1 aliphatic heterocycles. The molecule has 0 unspecified atom stereocenters. The zero-order valence-electron chi connectivity index (χ0n) is 13.8. The molecule has 0 bridgehead atoms. The molecule has 2 aromatic rings. The van der Waals surface area contributed by atoms with E-state index in [1.165, 1.54) is 0 Å². The number of amides is 1. The summed E-state index contributed by atoms with van der Waals surface area (Å²) < 4.78 is 5.13. The quantitative estimate of drug-likeness (QED) is 0.914. The summed E-state index contributed by atoms with van der Waals surface area (Å²) in [6.45, 7) is 2.18. The van der Waals surface area contributed by atoms with E-state index in [0.29, 0.717) is 6.61 Å². The lowest BCUT2D eigenvalue weighted by Crippen LogP contribution is -2.38. The van der Waals surface area contributed by atoms with Gasteiger partial charge in [-0.05, 0) is 30.5 Å². The molecule has 1 fully saturated rings. The molecule has 1 aliphatic rings. The van der Waals surface area contributed by atoms with Crippen LogP contribution in [0.15, 0.2) is 42.9 Å². The normalized spacial score (nSPS) is 15.3. The van der Waals surface area contributed by atoms with Crippen LogP contribution in [-0.4, -0.2) is 36.1 Å². The number of anilines is 2. The van der Waals surface area contributed by atoms with E-state index in [0.717, 1.165) is 43.0 Å². The molecular formula is C18H22N4O2. The van der Waals surface area contributed by atoms with E-state index in [-0.39, 0.29) is 11.8 Å². The number of hydrogen-bond donors (Lipinski definition) is 1. The Bertz CT molecular complexity index is 670. The van der Waals surface area contributed by atoms with Gasteiger partial charge in [0.2, 0.25) is 5.91 Å². The first-order valence-corrected chi connectivity index (χ1v) is 8.16. The average molecular weight is 326 g/mol. The van der Waals surface area contributed by atoms with E-state index in [1.54, 1.807) is 25.7 Å². The van der Waals surface area contributed by atoms with Crippen molar-refractivity contribution in [1.82, 2.24) is 9.97 Å². The highest BCUT2D eigenvalue weighted by Crippen LogP contribution is 2.23. The SMILES string of the molecule is COCc1cccc(NC(=O)C2CCN(c3cnccn3)CC2)c1. The molecule has 0 radical (unpaired) electrons. The van der Waals surface area contributed by atoms with Gasteiger partial charge >= 0.3 is 0 Å². The first-order chi connectivity index (χ1) is 11.8. The summed E-state index contributed by atoms with van der Waals surface area (Å²) in [4.78, 5) is 23.1. The molecule has 126 valence electrons. The minimum atomic E-state index is 0.0315. The minimum Gasteiger partial charge on any atom is -0.380 e. The minimum absolute atomic E-state index is 0.0315. The third kappa shape index (κ3) is 4.08. The van der Waals surface area contributed by atoms with E-state index >= 15 is 0 Å². The lowest BCUT2D eigenvalue weighted by atomic mass is 9.96. The van der Waals surface area contributed by atoms with Gasteiger partial charge in [0, 0.05) is 44.2 Å². The van der Waals surface area contributed by atoms with Crippen LogP contribution in [0.25, 0.3) is 0 Å². The van der Waals surface area contributed by atoms with E-state index in [1.807, 2.05) is 24.3 Å². The Hall–Kier alpha value is -2.47. The monoisotopic (exact) mass is 326 g/mol. The van der Waals surface area contributed by atoms with Crippen molar-refractivity contribution in [2.24, 2.45) is 5.92 Å². The first-order valence-electron chi connectivity index (χ1n) is 8.16. The van der Waals surface area contributed by atoms with E-state index in [4.69, 9.17) is 4.74 Å². The highest BCUT2D eigenvalue weighted by atomic mass is 16.5. The lowest BCUT2D eigenvalue weighted by Gasteiger charge is -2.31. The van der Waals surface area contributed by atoms with E-state index < -0.39 is 0 Å². The smallest absolute Gasteiger partial charge is 0.227 e. The number of carbonyl (C=O) groups is 1. The number of piperidine rings is 1. The number of ether oxygens (including phenoxy) is 1. The standard InChI is InChI=1S/C18H22N4O2/c1-24-13-14-3-2-4-16(11-14)21-18(23)15-5-9-22(10-6-15)17-12-19-7-8-20-17/h2-4,7-8,11-12,15H,5-6,9-10,13H2,1H3,(H,21,23). The fraction of sp³-hybridized carbons (Fsp3) is 0.389. The molecule has 0 saturated carbocycles. The molecule has 0 aliphatic carbocycles. The Kier molecular flexibility index (Phi) is 5.38. The summed E-state index contributed by atoms with van der Waals surface area (Å²) in [6.07, 6.45) is 6.77. The zero-order chi connectivity index (χ0) is 16.8. The van der Waals surface area contributed by atoms with Gasteiger partial charge in [0.15, 0.2) is 0 Å². The van der Waals surface area contributed by atoms with Crippen LogP contribution in [0, 0.1) is 5.92 Å². The second kappa shape index (κ2) is 7.88. The molecule has 6 heteroatoms. The van der Waals surface area contributed by atoms with Gasteiger partial charge in [-0.2, -0.15) is 0 Å². The predicted molar refractivity (Wildman–Crippen MR) is 92.8 cm³/mol. The molecule has 2 heterocycles. The predicted octanol–water partition coefficient (Wildman–Crippen LogP) is 2.48. The van der Waals surface area contributed by atoms with Gasteiger partial charge in [-0.3, -0.25) is 9.78 Å². The van der Waals surface area contributed by atoms with Crippen LogP contribution in [0.5, 0.6) is 0 Å². The van der Waals surface area contributed by atoms with Crippen molar-refractivity contribution in [3.8, 4) is 0 Å². The van der Waals surface area contributed by atoms with Gasteiger partial charge < -0.3 is 15.0 Å². The Morgan fingerprint density at radius 1 is 1.33 bits per heavy atom. The molecule has 0 atom stereocenters. The molecule has 1 aromatic heterocycles. The van der Waals surface area contributed by atoms with Crippen LogP contribution < -0.4 is 10.2 Å². The second-order valence-electron chi connectivity index (χ2n) is 5.95. The molecule has 1 aromatic carbocycles. The van der Waals surface area contributed by atoms with Crippen molar-refractivity contribution in [3.05, 3.63) is 48.4 Å². The number of nitrogens with zero attached hydrogens (tertiary/aromatic N) is 3.